The van der Waals surface area contributed by atoms with Crippen LogP contribution >= 0.6 is 0 Å². The zero-order chi connectivity index (χ0) is 20.8. The standard InChI is InChI=1S/C17H24N4O6/c1-16(2,3)26-14(22)19-13(20-15(23)27-17(4,5)6)18-11-8-7-9-12(10-11)21(24)25/h7-10H,1-6H3,(H2,18,19,20,22,23). The van der Waals surface area contributed by atoms with Gasteiger partial charge in [-0.15, -0.1) is 4.99 Å². The van der Waals surface area contributed by atoms with Gasteiger partial charge in [-0.1, -0.05) is 6.07 Å². The van der Waals surface area contributed by atoms with Crippen LogP contribution in [0.15, 0.2) is 29.3 Å². The molecule has 0 heterocycles. The number of non-ortho nitro benzene ring substituents is 1. The van der Waals surface area contributed by atoms with Crippen LogP contribution in [0, 0.1) is 10.1 Å². The van der Waals surface area contributed by atoms with E-state index in [0.717, 1.165) is 0 Å². The highest BCUT2D eigenvalue weighted by atomic mass is 16.6. The Morgan fingerprint density at radius 3 is 2.19 bits per heavy atom. The summed E-state index contributed by atoms with van der Waals surface area (Å²) < 4.78 is 10.2. The molecule has 1 aromatic carbocycles. The Morgan fingerprint density at radius 2 is 1.67 bits per heavy atom. The summed E-state index contributed by atoms with van der Waals surface area (Å²) in [5.74, 6) is -0.293. The first-order valence-corrected chi connectivity index (χ1v) is 8.08. The van der Waals surface area contributed by atoms with E-state index in [1.165, 1.54) is 24.3 Å². The van der Waals surface area contributed by atoms with Crippen molar-refractivity contribution in [2.24, 2.45) is 4.99 Å². The number of nitro benzene ring substituents is 1. The topological polar surface area (TPSA) is 132 Å². The van der Waals surface area contributed by atoms with Crippen LogP contribution in [0.2, 0.25) is 0 Å². The van der Waals surface area contributed by atoms with Gasteiger partial charge < -0.3 is 14.8 Å². The third-order valence-electron chi connectivity index (χ3n) is 2.54. The van der Waals surface area contributed by atoms with E-state index in [9.17, 15) is 19.7 Å². The smallest absolute Gasteiger partial charge is 0.437 e. The maximum atomic E-state index is 12.0. The fourth-order valence-electron chi connectivity index (χ4n) is 1.70. The van der Waals surface area contributed by atoms with E-state index >= 15 is 0 Å². The molecule has 0 radical (unpaired) electrons. The molecule has 2 N–H and O–H groups in total. The summed E-state index contributed by atoms with van der Waals surface area (Å²) in [6, 6.07) is 5.48. The number of nitrogens with zero attached hydrogens (tertiary/aromatic N) is 2. The lowest BCUT2D eigenvalue weighted by Gasteiger charge is -2.21. The average molecular weight is 380 g/mol. The van der Waals surface area contributed by atoms with Gasteiger partial charge in [0.25, 0.3) is 5.69 Å². The molecule has 27 heavy (non-hydrogen) atoms. The van der Waals surface area contributed by atoms with Crippen molar-refractivity contribution >= 4 is 29.5 Å². The summed E-state index contributed by atoms with van der Waals surface area (Å²) in [5.41, 5.74) is -1.49. The minimum atomic E-state index is -0.952. The van der Waals surface area contributed by atoms with Crippen LogP contribution in [0.25, 0.3) is 0 Å². The summed E-state index contributed by atoms with van der Waals surface area (Å²) >= 11 is 0. The lowest BCUT2D eigenvalue weighted by Crippen LogP contribution is -2.40. The molecule has 1 aromatic rings. The molecule has 0 aliphatic heterocycles. The minimum Gasteiger partial charge on any atom is -0.444 e. The molecule has 0 atom stereocenters. The van der Waals surface area contributed by atoms with Gasteiger partial charge in [0.05, 0.1) is 4.92 Å². The van der Waals surface area contributed by atoms with Gasteiger partial charge >= 0.3 is 12.2 Å². The van der Waals surface area contributed by atoms with E-state index in [1.54, 1.807) is 41.5 Å². The summed E-state index contributed by atoms with van der Waals surface area (Å²) in [5, 5.41) is 15.8. The van der Waals surface area contributed by atoms with Crippen LogP contribution in [0.3, 0.4) is 0 Å². The Morgan fingerprint density at radius 1 is 1.07 bits per heavy atom. The number of nitro groups is 1. The molecule has 0 aromatic heterocycles. The fourth-order valence-corrected chi connectivity index (χ4v) is 1.70. The number of rotatable bonds is 2. The van der Waals surface area contributed by atoms with Crippen molar-refractivity contribution in [3.8, 4) is 0 Å². The molecule has 0 aliphatic rings. The van der Waals surface area contributed by atoms with Crippen molar-refractivity contribution < 1.29 is 24.0 Å². The molecular formula is C17H24N4O6. The highest BCUT2D eigenvalue weighted by Gasteiger charge is 2.20. The average Bonchev–Trinajstić information content (AvgIpc) is 2.42. The number of carbonyl (C=O) groups is 2. The van der Waals surface area contributed by atoms with E-state index in [0.29, 0.717) is 0 Å². The van der Waals surface area contributed by atoms with E-state index in [1.807, 2.05) is 0 Å². The van der Waals surface area contributed by atoms with Crippen molar-refractivity contribution in [3.05, 3.63) is 34.4 Å². The van der Waals surface area contributed by atoms with Crippen LogP contribution in [0.5, 0.6) is 0 Å². The molecule has 0 bridgehead atoms. The normalized spacial score (nSPS) is 12.1. The quantitative estimate of drug-likeness (QED) is 0.345. The van der Waals surface area contributed by atoms with E-state index in [4.69, 9.17) is 9.47 Å². The molecule has 1 rings (SSSR count). The molecule has 0 spiro atoms. The Labute approximate surface area is 157 Å². The van der Waals surface area contributed by atoms with Gasteiger partial charge in [0, 0.05) is 17.8 Å². The van der Waals surface area contributed by atoms with Crippen LogP contribution in [-0.4, -0.2) is 34.3 Å². The number of guanidine groups is 1. The highest BCUT2D eigenvalue weighted by molar-refractivity contribution is 6.06. The number of anilines is 1. The summed E-state index contributed by atoms with van der Waals surface area (Å²) in [6.07, 6.45) is -1.81. The zero-order valence-electron chi connectivity index (χ0n) is 16.2. The van der Waals surface area contributed by atoms with E-state index < -0.39 is 28.3 Å². The second-order valence-corrected chi connectivity index (χ2v) is 7.50. The largest absolute Gasteiger partial charge is 0.444 e. The molecule has 0 aliphatic carbocycles. The van der Waals surface area contributed by atoms with Gasteiger partial charge in [0.2, 0.25) is 5.96 Å². The number of hydrogen-bond donors (Lipinski definition) is 2. The Hall–Kier alpha value is -3.17. The number of amides is 2. The number of benzene rings is 1. The van der Waals surface area contributed by atoms with Crippen molar-refractivity contribution in [2.75, 3.05) is 5.32 Å². The van der Waals surface area contributed by atoms with E-state index in [-0.39, 0.29) is 17.3 Å². The molecule has 10 nitrogen and oxygen atoms in total. The Kier molecular flexibility index (Phi) is 6.87. The monoisotopic (exact) mass is 380 g/mol. The van der Waals surface area contributed by atoms with Crippen LogP contribution in [0.4, 0.5) is 21.0 Å². The lowest BCUT2D eigenvalue weighted by molar-refractivity contribution is -0.384. The molecule has 0 unspecified atom stereocenters. The predicted octanol–water partition coefficient (Wildman–Crippen LogP) is 3.82. The predicted molar refractivity (Wildman–Crippen MR) is 99.8 cm³/mol. The van der Waals surface area contributed by atoms with Crippen LogP contribution in [0.1, 0.15) is 41.5 Å². The second kappa shape index (κ2) is 8.47. The molecule has 10 heteroatoms. The van der Waals surface area contributed by atoms with Gasteiger partial charge in [0.1, 0.15) is 11.2 Å². The summed E-state index contributed by atoms with van der Waals surface area (Å²) in [4.78, 5) is 37.9. The first-order valence-electron chi connectivity index (χ1n) is 8.08. The van der Waals surface area contributed by atoms with Gasteiger partial charge in [-0.3, -0.25) is 15.4 Å². The molecule has 0 saturated heterocycles. The van der Waals surface area contributed by atoms with Crippen molar-refractivity contribution in [3.63, 3.8) is 0 Å². The van der Waals surface area contributed by atoms with Gasteiger partial charge in [0.15, 0.2) is 0 Å². The number of nitrogens with one attached hydrogen (secondary N) is 2. The second-order valence-electron chi connectivity index (χ2n) is 7.50. The van der Waals surface area contributed by atoms with Gasteiger partial charge in [-0.05, 0) is 47.6 Å². The third-order valence-corrected chi connectivity index (χ3v) is 2.54. The number of hydrogen-bond acceptors (Lipinski definition) is 6. The number of aliphatic imine (C=N–C) groups is 1. The zero-order valence-corrected chi connectivity index (χ0v) is 16.2. The maximum Gasteiger partial charge on any atom is 0.437 e. The molecule has 0 fully saturated rings. The summed E-state index contributed by atoms with van der Waals surface area (Å²) in [7, 11) is 0. The van der Waals surface area contributed by atoms with Crippen LogP contribution in [-0.2, 0) is 9.47 Å². The molecule has 0 saturated carbocycles. The number of carbonyl (C=O) groups excluding carboxylic acids is 2. The summed E-state index contributed by atoms with van der Waals surface area (Å²) in [6.45, 7) is 10.0. The van der Waals surface area contributed by atoms with Crippen molar-refractivity contribution in [1.29, 1.82) is 0 Å². The first-order chi connectivity index (χ1) is 12.2. The lowest BCUT2D eigenvalue weighted by atomic mass is 10.2. The van der Waals surface area contributed by atoms with Gasteiger partial charge in [-0.25, -0.2) is 9.59 Å². The SMILES string of the molecule is CC(C)(C)OC(=O)N=C(NC(=O)OC(C)(C)C)Nc1cccc([N+](=O)[O-])c1. The molecule has 2 amide bonds. The first kappa shape index (κ1) is 21.9. The number of alkyl carbamates (subject to hydrolysis) is 1. The minimum absolute atomic E-state index is 0.172. The fraction of sp³-hybridized carbons (Fsp3) is 0.471. The Balaban J connectivity index is 3.06. The van der Waals surface area contributed by atoms with Crippen molar-refractivity contribution in [2.45, 2.75) is 52.7 Å². The van der Waals surface area contributed by atoms with E-state index in [2.05, 4.69) is 15.6 Å². The van der Waals surface area contributed by atoms with Crippen LogP contribution < -0.4 is 10.6 Å². The molecule has 148 valence electrons. The van der Waals surface area contributed by atoms with Crippen molar-refractivity contribution in [1.82, 2.24) is 5.32 Å². The molecular weight excluding hydrogens is 356 g/mol. The third kappa shape index (κ3) is 9.19. The maximum absolute atomic E-state index is 12.0. The highest BCUT2D eigenvalue weighted by Crippen LogP contribution is 2.17. The number of ether oxygens (including phenoxy) is 2. The Bertz CT molecular complexity index is 747. The van der Waals surface area contributed by atoms with Gasteiger partial charge in [-0.2, -0.15) is 0 Å².